The molecule has 0 spiro atoms. The van der Waals surface area contributed by atoms with Gasteiger partial charge in [-0.05, 0) is 63.2 Å². The van der Waals surface area contributed by atoms with Gasteiger partial charge in [-0.15, -0.1) is 0 Å². The third kappa shape index (κ3) is 5.64. The molecule has 0 radical (unpaired) electrons. The van der Waals surface area contributed by atoms with Crippen molar-refractivity contribution in [2.75, 3.05) is 26.7 Å². The average Bonchev–Trinajstić information content (AvgIpc) is 3.35. The maximum Gasteiger partial charge on any atom is 0.254 e. The van der Waals surface area contributed by atoms with Crippen LogP contribution in [-0.4, -0.2) is 57.1 Å². The molecule has 4 aromatic rings. The van der Waals surface area contributed by atoms with Gasteiger partial charge in [-0.1, -0.05) is 30.3 Å². The number of amides is 1. The minimum absolute atomic E-state index is 0.104. The van der Waals surface area contributed by atoms with Crippen molar-refractivity contribution in [2.24, 2.45) is 5.92 Å². The number of piperidine rings is 1. The van der Waals surface area contributed by atoms with Gasteiger partial charge in [-0.25, -0.2) is 14.5 Å². The van der Waals surface area contributed by atoms with Gasteiger partial charge >= 0.3 is 0 Å². The van der Waals surface area contributed by atoms with Gasteiger partial charge in [0.2, 0.25) is 5.88 Å². The SMILES string of the molecule is COc1cc(C)c(-c2cc3ncc(C(=O)NCCC4CCN(Cc5ccccc5)CC4)c(C)n3n2)cn1. The Kier molecular flexibility index (Phi) is 7.46. The van der Waals surface area contributed by atoms with Crippen molar-refractivity contribution in [3.8, 4) is 17.1 Å². The van der Waals surface area contributed by atoms with Crippen molar-refractivity contribution in [1.82, 2.24) is 29.8 Å². The first kappa shape index (κ1) is 24.9. The number of methoxy groups -OCH3 is 1. The molecule has 1 saturated heterocycles. The zero-order chi connectivity index (χ0) is 25.8. The van der Waals surface area contributed by atoms with Gasteiger partial charge in [0.15, 0.2) is 5.65 Å². The first-order valence-corrected chi connectivity index (χ1v) is 12.9. The highest BCUT2D eigenvalue weighted by Gasteiger charge is 2.20. The van der Waals surface area contributed by atoms with E-state index in [1.807, 2.05) is 26.0 Å². The van der Waals surface area contributed by atoms with E-state index in [0.29, 0.717) is 29.6 Å². The Morgan fingerprint density at radius 3 is 2.59 bits per heavy atom. The van der Waals surface area contributed by atoms with Crippen LogP contribution in [0.5, 0.6) is 5.88 Å². The number of likely N-dealkylation sites (tertiary alicyclic amines) is 1. The fourth-order valence-electron chi connectivity index (χ4n) is 5.07. The largest absolute Gasteiger partial charge is 0.481 e. The molecule has 8 heteroatoms. The third-order valence-corrected chi connectivity index (χ3v) is 7.33. The molecule has 0 atom stereocenters. The van der Waals surface area contributed by atoms with Crippen LogP contribution in [0.15, 0.2) is 54.9 Å². The maximum absolute atomic E-state index is 13.0. The van der Waals surface area contributed by atoms with E-state index in [-0.39, 0.29) is 5.91 Å². The van der Waals surface area contributed by atoms with E-state index in [1.165, 1.54) is 18.4 Å². The molecule has 0 saturated carbocycles. The molecular weight excluding hydrogens is 464 g/mol. The molecule has 1 aromatic carbocycles. The molecule has 1 aliphatic heterocycles. The van der Waals surface area contributed by atoms with Crippen LogP contribution in [0.3, 0.4) is 0 Å². The molecule has 3 aromatic heterocycles. The first-order chi connectivity index (χ1) is 18.0. The monoisotopic (exact) mass is 498 g/mol. The second kappa shape index (κ2) is 11.1. The van der Waals surface area contributed by atoms with Crippen LogP contribution in [0.1, 0.15) is 46.4 Å². The van der Waals surface area contributed by atoms with Crippen LogP contribution >= 0.6 is 0 Å². The first-order valence-electron chi connectivity index (χ1n) is 12.9. The molecule has 1 amide bonds. The van der Waals surface area contributed by atoms with Crippen molar-refractivity contribution >= 4 is 11.6 Å². The fourth-order valence-corrected chi connectivity index (χ4v) is 5.07. The molecule has 0 unspecified atom stereocenters. The molecule has 1 fully saturated rings. The van der Waals surface area contributed by atoms with Crippen LogP contribution in [0.25, 0.3) is 16.9 Å². The fraction of sp³-hybridized carbons (Fsp3) is 0.379. The number of aryl methyl sites for hydroxylation is 2. The summed E-state index contributed by atoms with van der Waals surface area (Å²) in [5.74, 6) is 1.10. The van der Waals surface area contributed by atoms with Crippen LogP contribution in [0, 0.1) is 19.8 Å². The molecule has 5 rings (SSSR count). The lowest BCUT2D eigenvalue weighted by Crippen LogP contribution is -2.35. The minimum Gasteiger partial charge on any atom is -0.481 e. The lowest BCUT2D eigenvalue weighted by atomic mass is 9.93. The molecule has 192 valence electrons. The summed E-state index contributed by atoms with van der Waals surface area (Å²) in [5, 5.41) is 7.83. The van der Waals surface area contributed by atoms with Crippen molar-refractivity contribution in [2.45, 2.75) is 39.7 Å². The number of carbonyl (C=O) groups excluding carboxylic acids is 1. The normalized spacial score (nSPS) is 14.7. The number of nitrogens with zero attached hydrogens (tertiary/aromatic N) is 5. The number of pyridine rings is 1. The van der Waals surface area contributed by atoms with Gasteiger partial charge < -0.3 is 10.1 Å². The number of hydrogen-bond acceptors (Lipinski definition) is 6. The molecule has 1 N–H and O–H groups in total. The Hall–Kier alpha value is -3.78. The lowest BCUT2D eigenvalue weighted by Gasteiger charge is -2.32. The summed E-state index contributed by atoms with van der Waals surface area (Å²) < 4.78 is 6.94. The van der Waals surface area contributed by atoms with E-state index in [2.05, 4.69) is 50.5 Å². The van der Waals surface area contributed by atoms with Crippen molar-refractivity contribution in [1.29, 1.82) is 0 Å². The Morgan fingerprint density at radius 1 is 1.08 bits per heavy atom. The molecule has 1 aliphatic rings. The van der Waals surface area contributed by atoms with E-state index in [1.54, 1.807) is 24.0 Å². The predicted molar refractivity (Wildman–Crippen MR) is 144 cm³/mol. The molecule has 37 heavy (non-hydrogen) atoms. The highest BCUT2D eigenvalue weighted by Crippen LogP contribution is 2.26. The van der Waals surface area contributed by atoms with Crippen LogP contribution in [0.2, 0.25) is 0 Å². The van der Waals surface area contributed by atoms with Gasteiger partial charge in [0.25, 0.3) is 5.91 Å². The number of aromatic nitrogens is 4. The van der Waals surface area contributed by atoms with Crippen LogP contribution < -0.4 is 10.1 Å². The summed E-state index contributed by atoms with van der Waals surface area (Å²) in [6, 6.07) is 14.4. The van der Waals surface area contributed by atoms with Crippen LogP contribution in [0.4, 0.5) is 0 Å². The number of ether oxygens (including phenoxy) is 1. The zero-order valence-corrected chi connectivity index (χ0v) is 21.8. The highest BCUT2D eigenvalue weighted by atomic mass is 16.5. The molecular formula is C29H34N6O2. The second-order valence-corrected chi connectivity index (χ2v) is 9.85. The summed E-state index contributed by atoms with van der Waals surface area (Å²) in [7, 11) is 1.60. The van der Waals surface area contributed by atoms with E-state index in [4.69, 9.17) is 9.84 Å². The summed E-state index contributed by atoms with van der Waals surface area (Å²) in [6.45, 7) is 7.80. The van der Waals surface area contributed by atoms with Crippen molar-refractivity contribution in [3.63, 3.8) is 0 Å². The standard InChI is InChI=1S/C29H34N6O2/c1-20-15-28(37-3)32-17-24(20)26-16-27-31-18-25(21(2)35(27)33-26)29(36)30-12-9-22-10-13-34(14-11-22)19-23-7-5-4-6-8-23/h4-8,15-18,22H,9-14,19H2,1-3H3,(H,30,36). The smallest absolute Gasteiger partial charge is 0.254 e. The number of nitrogens with one attached hydrogen (secondary N) is 1. The summed E-state index contributed by atoms with van der Waals surface area (Å²) in [6.07, 6.45) is 6.74. The molecule has 0 aliphatic carbocycles. The van der Waals surface area contributed by atoms with Crippen molar-refractivity contribution < 1.29 is 9.53 Å². The Balaban J connectivity index is 1.16. The maximum atomic E-state index is 13.0. The zero-order valence-electron chi connectivity index (χ0n) is 21.8. The van der Waals surface area contributed by atoms with Crippen molar-refractivity contribution in [3.05, 3.63) is 77.2 Å². The van der Waals surface area contributed by atoms with Gasteiger partial charge in [0, 0.05) is 43.2 Å². The predicted octanol–water partition coefficient (Wildman–Crippen LogP) is 4.45. The van der Waals surface area contributed by atoms with E-state index >= 15 is 0 Å². The summed E-state index contributed by atoms with van der Waals surface area (Å²) in [4.78, 5) is 24.3. The number of hydrogen-bond donors (Lipinski definition) is 1. The average molecular weight is 499 g/mol. The highest BCUT2D eigenvalue weighted by molar-refractivity contribution is 5.95. The van der Waals surface area contributed by atoms with E-state index < -0.39 is 0 Å². The van der Waals surface area contributed by atoms with Gasteiger partial charge in [0.1, 0.15) is 0 Å². The summed E-state index contributed by atoms with van der Waals surface area (Å²) >= 11 is 0. The second-order valence-electron chi connectivity index (χ2n) is 9.85. The van der Waals surface area contributed by atoms with E-state index in [0.717, 1.165) is 48.6 Å². The van der Waals surface area contributed by atoms with Gasteiger partial charge in [-0.3, -0.25) is 9.69 Å². The Morgan fingerprint density at radius 2 is 1.86 bits per heavy atom. The quantitative estimate of drug-likeness (QED) is 0.386. The molecule has 8 nitrogen and oxygen atoms in total. The number of carbonyl (C=O) groups is 1. The third-order valence-electron chi connectivity index (χ3n) is 7.33. The Bertz CT molecular complexity index is 1380. The van der Waals surface area contributed by atoms with Gasteiger partial charge in [-0.2, -0.15) is 5.10 Å². The molecule has 0 bridgehead atoms. The minimum atomic E-state index is -0.104. The number of benzene rings is 1. The van der Waals surface area contributed by atoms with Crippen LogP contribution in [-0.2, 0) is 6.54 Å². The van der Waals surface area contributed by atoms with Gasteiger partial charge in [0.05, 0.1) is 24.1 Å². The van der Waals surface area contributed by atoms with E-state index in [9.17, 15) is 4.79 Å². The molecule has 4 heterocycles. The lowest BCUT2D eigenvalue weighted by molar-refractivity contribution is 0.0946. The Labute approximate surface area is 217 Å². The summed E-state index contributed by atoms with van der Waals surface area (Å²) in [5.41, 5.74) is 6.06. The number of rotatable bonds is 8. The number of fused-ring (bicyclic) bond motifs is 1. The topological polar surface area (TPSA) is 84.7 Å².